The molecule has 0 N–H and O–H groups in total. The average Bonchev–Trinajstić information content (AvgIpc) is 2.86. The highest BCUT2D eigenvalue weighted by molar-refractivity contribution is 5.85. The number of hydrogen-bond donors (Lipinski definition) is 0. The zero-order valence-electron chi connectivity index (χ0n) is 14.2. The summed E-state index contributed by atoms with van der Waals surface area (Å²) in [6.07, 6.45) is 3.60. The minimum absolute atomic E-state index is 0.0307. The molecule has 1 heterocycles. The van der Waals surface area contributed by atoms with Gasteiger partial charge < -0.3 is 4.52 Å². The van der Waals surface area contributed by atoms with Crippen molar-refractivity contribution in [3.63, 3.8) is 0 Å². The van der Waals surface area contributed by atoms with Gasteiger partial charge in [0, 0.05) is 16.4 Å². The molecule has 2 heteroatoms. The highest BCUT2D eigenvalue weighted by atomic mass is 16.5. The van der Waals surface area contributed by atoms with Crippen LogP contribution in [0.15, 0.2) is 16.7 Å². The van der Waals surface area contributed by atoms with Crippen molar-refractivity contribution in [2.24, 2.45) is 11.3 Å². The molecular weight excluding hydrogens is 258 g/mol. The lowest BCUT2D eigenvalue weighted by atomic mass is 9.83. The Labute approximate surface area is 127 Å². The van der Waals surface area contributed by atoms with Gasteiger partial charge in [0.25, 0.3) is 0 Å². The van der Waals surface area contributed by atoms with Crippen LogP contribution < -0.4 is 0 Å². The van der Waals surface area contributed by atoms with Gasteiger partial charge in [-0.25, -0.2) is 0 Å². The van der Waals surface area contributed by atoms with Crippen molar-refractivity contribution in [3.8, 4) is 0 Å². The normalized spacial score (nSPS) is 19.2. The van der Waals surface area contributed by atoms with Crippen LogP contribution in [0.3, 0.4) is 0 Å². The number of hydrogen-bond acceptors (Lipinski definition) is 2. The molecule has 1 aliphatic carbocycles. The van der Waals surface area contributed by atoms with Crippen molar-refractivity contribution in [2.75, 3.05) is 0 Å². The second-order valence-electron chi connectivity index (χ2n) is 8.90. The van der Waals surface area contributed by atoms with Crippen molar-refractivity contribution < 1.29 is 4.52 Å². The van der Waals surface area contributed by atoms with Gasteiger partial charge in [-0.15, -0.1) is 0 Å². The number of nitrogens with zero attached hydrogens (tertiary/aromatic N) is 1. The van der Waals surface area contributed by atoms with Crippen molar-refractivity contribution in [1.29, 1.82) is 0 Å². The van der Waals surface area contributed by atoms with Crippen LogP contribution in [0.5, 0.6) is 0 Å². The summed E-state index contributed by atoms with van der Waals surface area (Å²) in [5, 5.41) is 5.57. The molecule has 1 atom stereocenters. The molecule has 0 unspecified atom stereocenters. The first-order valence-corrected chi connectivity index (χ1v) is 8.06. The van der Waals surface area contributed by atoms with Gasteiger partial charge in [0.1, 0.15) is 0 Å². The molecule has 0 fully saturated rings. The van der Waals surface area contributed by atoms with Gasteiger partial charge in [0.15, 0.2) is 5.58 Å². The molecule has 0 aliphatic heterocycles. The van der Waals surface area contributed by atoms with E-state index in [2.05, 4.69) is 58.8 Å². The van der Waals surface area contributed by atoms with E-state index in [1.807, 2.05) is 0 Å². The summed E-state index contributed by atoms with van der Waals surface area (Å²) < 4.78 is 5.75. The Kier molecular flexibility index (Phi) is 3.20. The summed E-state index contributed by atoms with van der Waals surface area (Å²) in [6, 6.07) is 4.51. The van der Waals surface area contributed by atoms with E-state index in [0.29, 0.717) is 5.41 Å². The maximum absolute atomic E-state index is 5.75. The zero-order valence-corrected chi connectivity index (χ0v) is 14.2. The summed E-state index contributed by atoms with van der Waals surface area (Å²) in [6.45, 7) is 13.6. The smallest absolute Gasteiger partial charge is 0.170 e. The summed E-state index contributed by atoms with van der Waals surface area (Å²) in [4.78, 5) is 0. The van der Waals surface area contributed by atoms with Gasteiger partial charge in [-0.3, -0.25) is 0 Å². The Hall–Kier alpha value is -1.31. The van der Waals surface area contributed by atoms with Crippen LogP contribution in [0.2, 0.25) is 0 Å². The van der Waals surface area contributed by atoms with E-state index in [9.17, 15) is 0 Å². The second kappa shape index (κ2) is 4.59. The molecule has 2 aromatic rings. The number of benzene rings is 1. The highest BCUT2D eigenvalue weighted by Crippen LogP contribution is 2.40. The molecule has 0 radical (unpaired) electrons. The number of fused-ring (bicyclic) bond motifs is 3. The maximum atomic E-state index is 5.75. The molecule has 1 aromatic heterocycles. The van der Waals surface area contributed by atoms with Crippen LogP contribution in [0.4, 0.5) is 0 Å². The molecule has 0 amide bonds. The maximum Gasteiger partial charge on any atom is 0.170 e. The quantitative estimate of drug-likeness (QED) is 0.712. The summed E-state index contributed by atoms with van der Waals surface area (Å²) in [7, 11) is 0. The molecule has 1 aliphatic rings. The summed E-state index contributed by atoms with van der Waals surface area (Å²) >= 11 is 0. The van der Waals surface area contributed by atoms with Gasteiger partial charge in [0.2, 0.25) is 0 Å². The molecule has 0 saturated heterocycles. The third-order valence-electron chi connectivity index (χ3n) is 4.45. The molecule has 3 rings (SSSR count). The fourth-order valence-electron chi connectivity index (χ4n) is 3.74. The lowest BCUT2D eigenvalue weighted by Crippen LogP contribution is -2.13. The molecule has 2 nitrogen and oxygen atoms in total. The van der Waals surface area contributed by atoms with E-state index in [0.717, 1.165) is 23.6 Å². The first-order valence-electron chi connectivity index (χ1n) is 8.06. The highest BCUT2D eigenvalue weighted by Gasteiger charge is 2.30. The Morgan fingerprint density at radius 2 is 1.81 bits per heavy atom. The van der Waals surface area contributed by atoms with Crippen LogP contribution in [0.1, 0.15) is 64.8 Å². The van der Waals surface area contributed by atoms with Gasteiger partial charge in [-0.2, -0.15) is 0 Å². The van der Waals surface area contributed by atoms with E-state index in [-0.39, 0.29) is 5.41 Å². The molecule has 1 aromatic carbocycles. The standard InChI is InChI=1S/C19H27NO/c1-18(2,3)11-12-9-13-7-8-14-16(15(13)10-12)21-20-17(14)19(4,5)6/h7-8,12H,9-11H2,1-6H3/t12-/m0/s1. The van der Waals surface area contributed by atoms with E-state index in [4.69, 9.17) is 4.52 Å². The van der Waals surface area contributed by atoms with Crippen molar-refractivity contribution in [1.82, 2.24) is 5.16 Å². The summed E-state index contributed by atoms with van der Waals surface area (Å²) in [5.74, 6) is 0.744. The largest absolute Gasteiger partial charge is 0.356 e. The lowest BCUT2D eigenvalue weighted by molar-refractivity contribution is 0.300. The average molecular weight is 285 g/mol. The van der Waals surface area contributed by atoms with Gasteiger partial charge in [0.05, 0.1) is 5.69 Å². The van der Waals surface area contributed by atoms with Crippen LogP contribution in [-0.2, 0) is 18.3 Å². The Morgan fingerprint density at radius 1 is 1.10 bits per heavy atom. The molecule has 0 bridgehead atoms. The molecule has 0 spiro atoms. The lowest BCUT2D eigenvalue weighted by Gasteiger charge is -2.22. The topological polar surface area (TPSA) is 26.0 Å². The van der Waals surface area contributed by atoms with Crippen molar-refractivity contribution >= 4 is 11.0 Å². The van der Waals surface area contributed by atoms with Crippen LogP contribution in [-0.4, -0.2) is 5.16 Å². The summed E-state index contributed by atoms with van der Waals surface area (Å²) in [5.41, 5.74) is 5.42. The SMILES string of the molecule is CC(C)(C)C[C@H]1Cc2ccc3c(C(C)(C)C)noc3c2C1. The Morgan fingerprint density at radius 3 is 2.43 bits per heavy atom. The van der Waals surface area contributed by atoms with E-state index in [1.54, 1.807) is 0 Å². The van der Waals surface area contributed by atoms with Gasteiger partial charge in [-0.05, 0) is 42.2 Å². The minimum Gasteiger partial charge on any atom is -0.356 e. The first-order chi connectivity index (χ1) is 9.65. The van der Waals surface area contributed by atoms with Crippen molar-refractivity contribution in [2.45, 2.75) is 66.2 Å². The van der Waals surface area contributed by atoms with Crippen molar-refractivity contribution in [3.05, 3.63) is 29.0 Å². The minimum atomic E-state index is 0.0307. The predicted molar refractivity (Wildman–Crippen MR) is 87.7 cm³/mol. The predicted octanol–water partition coefficient (Wildman–Crippen LogP) is 5.28. The molecule has 21 heavy (non-hydrogen) atoms. The Bertz CT molecular complexity index is 667. The third kappa shape index (κ3) is 2.73. The second-order valence-corrected chi connectivity index (χ2v) is 8.90. The Balaban J connectivity index is 1.99. The first kappa shape index (κ1) is 14.6. The monoisotopic (exact) mass is 285 g/mol. The van der Waals surface area contributed by atoms with Crippen LogP contribution in [0.25, 0.3) is 11.0 Å². The molecule has 114 valence electrons. The van der Waals surface area contributed by atoms with Gasteiger partial charge >= 0.3 is 0 Å². The number of rotatable bonds is 1. The molecular formula is C19H27NO. The number of aromatic nitrogens is 1. The third-order valence-corrected chi connectivity index (χ3v) is 4.45. The zero-order chi connectivity index (χ0) is 15.4. The van der Waals surface area contributed by atoms with E-state index >= 15 is 0 Å². The fourth-order valence-corrected chi connectivity index (χ4v) is 3.74. The fraction of sp³-hybridized carbons (Fsp3) is 0.632. The van der Waals surface area contributed by atoms with Crippen LogP contribution in [0, 0.1) is 11.3 Å². The molecule has 0 saturated carbocycles. The van der Waals surface area contributed by atoms with Gasteiger partial charge in [-0.1, -0.05) is 52.8 Å². The van der Waals surface area contributed by atoms with E-state index < -0.39 is 0 Å². The van der Waals surface area contributed by atoms with E-state index in [1.165, 1.54) is 29.4 Å². The van der Waals surface area contributed by atoms with Crippen LogP contribution >= 0.6 is 0 Å².